The van der Waals surface area contributed by atoms with Gasteiger partial charge in [0.15, 0.2) is 0 Å². The van der Waals surface area contributed by atoms with Crippen LogP contribution >= 0.6 is 0 Å². The Morgan fingerprint density at radius 3 is 2.43 bits per heavy atom. The van der Waals surface area contributed by atoms with E-state index < -0.39 is 0 Å². The van der Waals surface area contributed by atoms with Crippen molar-refractivity contribution in [3.8, 4) is 0 Å². The number of hydrogen-bond acceptors (Lipinski definition) is 5. The van der Waals surface area contributed by atoms with Gasteiger partial charge in [0.2, 0.25) is 5.95 Å². The van der Waals surface area contributed by atoms with Crippen molar-refractivity contribution in [2.75, 3.05) is 29.5 Å². The molecule has 0 aliphatic rings. The van der Waals surface area contributed by atoms with Crippen LogP contribution in [0.4, 0.5) is 17.6 Å². The van der Waals surface area contributed by atoms with Crippen molar-refractivity contribution >= 4 is 17.6 Å². The van der Waals surface area contributed by atoms with E-state index in [2.05, 4.69) is 51.8 Å². The molecule has 1 aromatic carbocycles. The average molecular weight is 285 g/mol. The molecular formula is C16H23N5. The second-order valence-electron chi connectivity index (χ2n) is 5.05. The van der Waals surface area contributed by atoms with Crippen molar-refractivity contribution in [1.82, 2.24) is 9.97 Å². The van der Waals surface area contributed by atoms with Gasteiger partial charge in [-0.3, -0.25) is 0 Å². The van der Waals surface area contributed by atoms with Crippen LogP contribution in [-0.2, 0) is 0 Å². The summed E-state index contributed by atoms with van der Waals surface area (Å²) in [7, 11) is 0. The number of nitrogen functional groups attached to an aromatic ring is 1. The molecule has 1 heterocycles. The molecule has 5 nitrogen and oxygen atoms in total. The summed E-state index contributed by atoms with van der Waals surface area (Å²) < 4.78 is 0. The maximum Gasteiger partial charge on any atom is 0.223 e. The van der Waals surface area contributed by atoms with Gasteiger partial charge in [-0.1, -0.05) is 37.3 Å². The Balaban J connectivity index is 1.88. The van der Waals surface area contributed by atoms with E-state index in [0.29, 0.717) is 5.92 Å². The quantitative estimate of drug-likeness (QED) is 0.729. The summed E-state index contributed by atoms with van der Waals surface area (Å²) in [5.74, 6) is 2.31. The van der Waals surface area contributed by atoms with E-state index in [1.54, 1.807) is 0 Å². The van der Waals surface area contributed by atoms with Crippen molar-refractivity contribution in [3.63, 3.8) is 0 Å². The standard InChI is InChI=1S/C16H23N5/c1-3-18-14-11-15(21-16(17)20-14)19-10-9-12(2)13-7-5-4-6-8-13/h4-8,11-12H,3,9-10H2,1-2H3,(H4,17,18,19,20,21). The number of rotatable bonds is 7. The van der Waals surface area contributed by atoms with Gasteiger partial charge < -0.3 is 16.4 Å². The zero-order valence-corrected chi connectivity index (χ0v) is 12.6. The number of benzene rings is 1. The number of anilines is 3. The molecule has 0 radical (unpaired) electrons. The molecule has 0 aliphatic carbocycles. The summed E-state index contributed by atoms with van der Waals surface area (Å²) in [6.45, 7) is 5.90. The molecular weight excluding hydrogens is 262 g/mol. The van der Waals surface area contributed by atoms with E-state index in [4.69, 9.17) is 5.73 Å². The van der Waals surface area contributed by atoms with Crippen molar-refractivity contribution < 1.29 is 0 Å². The summed E-state index contributed by atoms with van der Waals surface area (Å²) in [4.78, 5) is 8.33. The zero-order chi connectivity index (χ0) is 15.1. The fraction of sp³-hybridized carbons (Fsp3) is 0.375. The van der Waals surface area contributed by atoms with Gasteiger partial charge >= 0.3 is 0 Å². The van der Waals surface area contributed by atoms with E-state index >= 15 is 0 Å². The molecule has 112 valence electrons. The van der Waals surface area contributed by atoms with Gasteiger partial charge in [-0.05, 0) is 24.8 Å². The van der Waals surface area contributed by atoms with Gasteiger partial charge in [-0.25, -0.2) is 0 Å². The van der Waals surface area contributed by atoms with E-state index in [0.717, 1.165) is 31.1 Å². The molecule has 2 rings (SSSR count). The van der Waals surface area contributed by atoms with Crippen LogP contribution in [0.2, 0.25) is 0 Å². The summed E-state index contributed by atoms with van der Waals surface area (Å²) in [5, 5.41) is 6.46. The van der Waals surface area contributed by atoms with Gasteiger partial charge in [0.05, 0.1) is 0 Å². The Morgan fingerprint density at radius 2 is 1.76 bits per heavy atom. The lowest BCUT2D eigenvalue weighted by Gasteiger charge is -2.13. The number of aromatic nitrogens is 2. The molecule has 0 saturated heterocycles. The number of nitrogens with zero attached hydrogens (tertiary/aromatic N) is 2. The van der Waals surface area contributed by atoms with Gasteiger partial charge in [-0.15, -0.1) is 0 Å². The van der Waals surface area contributed by atoms with Gasteiger partial charge in [0, 0.05) is 19.2 Å². The molecule has 2 aromatic rings. The van der Waals surface area contributed by atoms with E-state index in [-0.39, 0.29) is 5.95 Å². The maximum absolute atomic E-state index is 5.71. The number of nitrogens with two attached hydrogens (primary N) is 1. The Bertz CT molecular complexity index is 556. The molecule has 1 atom stereocenters. The average Bonchev–Trinajstić information content (AvgIpc) is 2.48. The highest BCUT2D eigenvalue weighted by Crippen LogP contribution is 2.19. The molecule has 21 heavy (non-hydrogen) atoms. The Labute approximate surface area is 126 Å². The van der Waals surface area contributed by atoms with Crippen LogP contribution < -0.4 is 16.4 Å². The SMILES string of the molecule is CCNc1cc(NCCC(C)c2ccccc2)nc(N)n1. The summed E-state index contributed by atoms with van der Waals surface area (Å²) in [5.41, 5.74) is 7.07. The first-order valence-corrected chi connectivity index (χ1v) is 7.36. The van der Waals surface area contributed by atoms with E-state index in [1.807, 2.05) is 19.1 Å². The van der Waals surface area contributed by atoms with Crippen LogP contribution in [0.3, 0.4) is 0 Å². The number of hydrogen-bond donors (Lipinski definition) is 3. The Morgan fingerprint density at radius 1 is 1.10 bits per heavy atom. The summed E-state index contributed by atoms with van der Waals surface area (Å²) >= 11 is 0. The smallest absolute Gasteiger partial charge is 0.223 e. The molecule has 0 amide bonds. The molecule has 0 fully saturated rings. The minimum atomic E-state index is 0.284. The monoisotopic (exact) mass is 285 g/mol. The van der Waals surface area contributed by atoms with Crippen LogP contribution in [0.1, 0.15) is 31.7 Å². The highest BCUT2D eigenvalue weighted by molar-refractivity contribution is 5.50. The first kappa shape index (κ1) is 15.1. The Hall–Kier alpha value is -2.30. The molecule has 0 bridgehead atoms. The maximum atomic E-state index is 5.71. The zero-order valence-electron chi connectivity index (χ0n) is 12.6. The van der Waals surface area contributed by atoms with E-state index in [9.17, 15) is 0 Å². The van der Waals surface area contributed by atoms with Crippen LogP contribution in [0.25, 0.3) is 0 Å². The molecule has 1 unspecified atom stereocenters. The van der Waals surface area contributed by atoms with Crippen LogP contribution in [0.15, 0.2) is 36.4 Å². The predicted molar refractivity (Wildman–Crippen MR) is 88.6 cm³/mol. The Kier molecular flexibility index (Phi) is 5.37. The van der Waals surface area contributed by atoms with Gasteiger partial charge in [0.1, 0.15) is 11.6 Å². The fourth-order valence-electron chi connectivity index (χ4n) is 2.19. The van der Waals surface area contributed by atoms with Gasteiger partial charge in [0.25, 0.3) is 0 Å². The highest BCUT2D eigenvalue weighted by atomic mass is 15.1. The molecule has 5 heteroatoms. The van der Waals surface area contributed by atoms with Crippen LogP contribution in [0, 0.1) is 0 Å². The normalized spacial score (nSPS) is 11.9. The lowest BCUT2D eigenvalue weighted by molar-refractivity contribution is 0.705. The van der Waals surface area contributed by atoms with Crippen LogP contribution in [0.5, 0.6) is 0 Å². The predicted octanol–water partition coefficient (Wildman–Crippen LogP) is 3.10. The third-order valence-electron chi connectivity index (χ3n) is 3.35. The third-order valence-corrected chi connectivity index (χ3v) is 3.35. The lowest BCUT2D eigenvalue weighted by atomic mass is 9.98. The molecule has 1 aromatic heterocycles. The third kappa shape index (κ3) is 4.63. The minimum absolute atomic E-state index is 0.284. The van der Waals surface area contributed by atoms with Crippen LogP contribution in [-0.4, -0.2) is 23.1 Å². The highest BCUT2D eigenvalue weighted by Gasteiger charge is 2.06. The summed E-state index contributed by atoms with van der Waals surface area (Å²) in [6.07, 6.45) is 1.03. The van der Waals surface area contributed by atoms with Gasteiger partial charge in [-0.2, -0.15) is 9.97 Å². The molecule has 4 N–H and O–H groups in total. The minimum Gasteiger partial charge on any atom is -0.370 e. The second-order valence-corrected chi connectivity index (χ2v) is 5.05. The molecule has 0 saturated carbocycles. The first-order chi connectivity index (χ1) is 10.2. The van der Waals surface area contributed by atoms with Crippen molar-refractivity contribution in [2.24, 2.45) is 0 Å². The molecule has 0 spiro atoms. The summed E-state index contributed by atoms with van der Waals surface area (Å²) in [6, 6.07) is 12.4. The van der Waals surface area contributed by atoms with Crippen molar-refractivity contribution in [2.45, 2.75) is 26.2 Å². The largest absolute Gasteiger partial charge is 0.370 e. The van der Waals surface area contributed by atoms with E-state index in [1.165, 1.54) is 5.56 Å². The van der Waals surface area contributed by atoms with Crippen molar-refractivity contribution in [3.05, 3.63) is 42.0 Å². The lowest BCUT2D eigenvalue weighted by Crippen LogP contribution is -2.10. The fourth-order valence-corrected chi connectivity index (χ4v) is 2.19. The molecule has 0 aliphatic heterocycles. The first-order valence-electron chi connectivity index (χ1n) is 7.36. The van der Waals surface area contributed by atoms with Crippen molar-refractivity contribution in [1.29, 1.82) is 0 Å². The topological polar surface area (TPSA) is 75.9 Å². The number of nitrogens with one attached hydrogen (secondary N) is 2. The second kappa shape index (κ2) is 7.47.